The van der Waals surface area contributed by atoms with Gasteiger partial charge < -0.3 is 4.74 Å². The molecule has 5 nitrogen and oxygen atoms in total. The van der Waals surface area contributed by atoms with Crippen molar-refractivity contribution < 1.29 is 9.53 Å². The second-order valence-electron chi connectivity index (χ2n) is 6.27. The molecule has 2 heterocycles. The number of carbonyl (C=O) groups is 1. The van der Waals surface area contributed by atoms with Crippen LogP contribution in [-0.2, 0) is 11.3 Å². The molecule has 0 bridgehead atoms. The van der Waals surface area contributed by atoms with Gasteiger partial charge in [-0.1, -0.05) is 52.2 Å². The predicted molar refractivity (Wildman–Crippen MR) is 122 cm³/mol. The van der Waals surface area contributed by atoms with E-state index >= 15 is 0 Å². The molecule has 0 N–H and O–H groups in total. The number of nitrogens with zero attached hydrogens (tertiary/aromatic N) is 3. The Labute approximate surface area is 191 Å². The third-order valence-corrected chi connectivity index (χ3v) is 5.97. The highest BCUT2D eigenvalue weighted by molar-refractivity contribution is 7.22. The SMILES string of the molecule is O=C(COc1ccc(Cl)cc1Cl)N(Cc1ccccn1)c1nc2ccc(Cl)cc2s1. The number of anilines is 1. The molecular weight excluding hydrogens is 465 g/mol. The Balaban J connectivity index is 1.61. The second kappa shape index (κ2) is 9.18. The van der Waals surface area contributed by atoms with E-state index in [0.717, 1.165) is 15.9 Å². The highest BCUT2D eigenvalue weighted by Crippen LogP contribution is 2.32. The molecule has 0 saturated heterocycles. The molecule has 1 amide bonds. The monoisotopic (exact) mass is 477 g/mol. The summed E-state index contributed by atoms with van der Waals surface area (Å²) in [6.07, 6.45) is 1.68. The normalized spacial score (nSPS) is 10.9. The van der Waals surface area contributed by atoms with Crippen LogP contribution in [0.25, 0.3) is 10.2 Å². The molecule has 4 rings (SSSR count). The Morgan fingerprint density at radius 3 is 2.60 bits per heavy atom. The van der Waals surface area contributed by atoms with Gasteiger partial charge in [-0.05, 0) is 48.5 Å². The van der Waals surface area contributed by atoms with Crippen molar-refractivity contribution in [2.24, 2.45) is 0 Å². The van der Waals surface area contributed by atoms with Crippen LogP contribution < -0.4 is 9.64 Å². The molecule has 4 aromatic rings. The first kappa shape index (κ1) is 20.9. The molecule has 0 aliphatic heterocycles. The van der Waals surface area contributed by atoms with E-state index in [0.29, 0.717) is 25.9 Å². The van der Waals surface area contributed by atoms with Crippen molar-refractivity contribution in [3.63, 3.8) is 0 Å². The van der Waals surface area contributed by atoms with E-state index in [1.165, 1.54) is 11.3 Å². The van der Waals surface area contributed by atoms with E-state index in [1.807, 2.05) is 30.3 Å². The Bertz CT molecular complexity index is 1200. The highest BCUT2D eigenvalue weighted by Gasteiger charge is 2.22. The van der Waals surface area contributed by atoms with Gasteiger partial charge in [0.25, 0.3) is 5.91 Å². The molecule has 2 aromatic heterocycles. The van der Waals surface area contributed by atoms with Crippen LogP contribution in [0.3, 0.4) is 0 Å². The summed E-state index contributed by atoms with van der Waals surface area (Å²) in [5.41, 5.74) is 1.49. The van der Waals surface area contributed by atoms with E-state index in [4.69, 9.17) is 39.5 Å². The van der Waals surface area contributed by atoms with Crippen molar-refractivity contribution in [1.29, 1.82) is 0 Å². The fourth-order valence-electron chi connectivity index (χ4n) is 2.73. The number of carbonyl (C=O) groups excluding carboxylic acids is 1. The van der Waals surface area contributed by atoms with Gasteiger partial charge in [0.05, 0.1) is 27.5 Å². The average molecular weight is 479 g/mol. The minimum absolute atomic E-state index is 0.217. The molecule has 0 radical (unpaired) electrons. The Morgan fingerprint density at radius 2 is 1.83 bits per heavy atom. The first-order chi connectivity index (χ1) is 14.5. The summed E-state index contributed by atoms with van der Waals surface area (Å²) in [5.74, 6) is 0.0973. The number of hydrogen-bond donors (Lipinski definition) is 0. The van der Waals surface area contributed by atoms with Crippen molar-refractivity contribution in [2.75, 3.05) is 11.5 Å². The Hall–Kier alpha value is -2.38. The zero-order valence-electron chi connectivity index (χ0n) is 15.4. The van der Waals surface area contributed by atoms with E-state index < -0.39 is 0 Å². The number of pyridine rings is 1. The van der Waals surface area contributed by atoms with Gasteiger partial charge in [-0.2, -0.15) is 0 Å². The lowest BCUT2D eigenvalue weighted by Gasteiger charge is -2.20. The topological polar surface area (TPSA) is 55.3 Å². The lowest BCUT2D eigenvalue weighted by Crippen LogP contribution is -2.34. The van der Waals surface area contributed by atoms with Crippen molar-refractivity contribution in [2.45, 2.75) is 6.54 Å². The number of ether oxygens (including phenoxy) is 1. The lowest BCUT2D eigenvalue weighted by molar-refractivity contribution is -0.120. The van der Waals surface area contributed by atoms with Crippen molar-refractivity contribution in [3.05, 3.63) is 81.6 Å². The number of amides is 1. The smallest absolute Gasteiger partial charge is 0.267 e. The van der Waals surface area contributed by atoms with Gasteiger partial charge in [-0.15, -0.1) is 0 Å². The third kappa shape index (κ3) is 4.84. The summed E-state index contributed by atoms with van der Waals surface area (Å²) >= 11 is 19.5. The molecule has 9 heteroatoms. The van der Waals surface area contributed by atoms with Crippen LogP contribution in [0, 0.1) is 0 Å². The molecular formula is C21H14Cl3N3O2S. The van der Waals surface area contributed by atoms with Gasteiger partial charge in [0.1, 0.15) is 5.75 Å². The maximum Gasteiger partial charge on any atom is 0.267 e. The van der Waals surface area contributed by atoms with Crippen LogP contribution >= 0.6 is 46.1 Å². The molecule has 0 aliphatic rings. The number of hydrogen-bond acceptors (Lipinski definition) is 5. The average Bonchev–Trinajstić information content (AvgIpc) is 3.14. The molecule has 0 atom stereocenters. The van der Waals surface area contributed by atoms with Crippen molar-refractivity contribution in [3.8, 4) is 5.75 Å². The number of aromatic nitrogens is 2. The molecule has 30 heavy (non-hydrogen) atoms. The third-order valence-electron chi connectivity index (χ3n) is 4.16. The Kier molecular flexibility index (Phi) is 6.39. The largest absolute Gasteiger partial charge is 0.482 e. The van der Waals surface area contributed by atoms with Gasteiger partial charge in [0.2, 0.25) is 0 Å². The molecule has 2 aromatic carbocycles. The number of fused-ring (bicyclic) bond motifs is 1. The summed E-state index contributed by atoms with van der Waals surface area (Å²) in [6, 6.07) is 15.8. The first-order valence-electron chi connectivity index (χ1n) is 8.84. The summed E-state index contributed by atoms with van der Waals surface area (Å²) in [4.78, 5) is 23.5. The maximum absolute atomic E-state index is 13.1. The molecule has 0 aliphatic carbocycles. The van der Waals surface area contributed by atoms with E-state index in [-0.39, 0.29) is 19.1 Å². The zero-order chi connectivity index (χ0) is 21.1. The number of halogens is 3. The van der Waals surface area contributed by atoms with Gasteiger partial charge in [-0.3, -0.25) is 14.7 Å². The van der Waals surface area contributed by atoms with Crippen LogP contribution in [0.5, 0.6) is 5.75 Å². The molecule has 152 valence electrons. The van der Waals surface area contributed by atoms with Gasteiger partial charge in [0.15, 0.2) is 11.7 Å². The van der Waals surface area contributed by atoms with Crippen LogP contribution in [0.2, 0.25) is 15.1 Å². The summed E-state index contributed by atoms with van der Waals surface area (Å²) in [6.45, 7) is 0.0375. The molecule has 0 unspecified atom stereocenters. The fraction of sp³-hybridized carbons (Fsp3) is 0.0952. The molecule has 0 fully saturated rings. The van der Waals surface area contributed by atoms with Gasteiger partial charge >= 0.3 is 0 Å². The fourth-order valence-corrected chi connectivity index (χ4v) is 4.45. The predicted octanol–water partition coefficient (Wildman–Crippen LogP) is 6.26. The molecule has 0 saturated carbocycles. The lowest BCUT2D eigenvalue weighted by atomic mass is 10.3. The second-order valence-corrected chi connectivity index (χ2v) is 8.56. The standard InChI is InChI=1S/C21H14Cl3N3O2S/c22-13-5-7-18(16(24)9-13)29-12-20(28)27(11-15-3-1-2-8-25-15)21-26-17-6-4-14(23)10-19(17)30-21/h1-10H,11-12H2. The summed E-state index contributed by atoms with van der Waals surface area (Å²) in [5, 5.41) is 1.97. The minimum atomic E-state index is -0.281. The quantitative estimate of drug-likeness (QED) is 0.328. The highest BCUT2D eigenvalue weighted by atomic mass is 35.5. The van der Waals surface area contributed by atoms with Crippen LogP contribution in [0.4, 0.5) is 5.13 Å². The van der Waals surface area contributed by atoms with Crippen LogP contribution in [0.1, 0.15) is 5.69 Å². The maximum atomic E-state index is 13.1. The van der Waals surface area contributed by atoms with Gasteiger partial charge in [0, 0.05) is 16.2 Å². The number of rotatable bonds is 6. The van der Waals surface area contributed by atoms with Crippen LogP contribution in [0.15, 0.2) is 60.8 Å². The van der Waals surface area contributed by atoms with E-state index in [1.54, 1.807) is 35.4 Å². The van der Waals surface area contributed by atoms with E-state index in [9.17, 15) is 4.79 Å². The zero-order valence-corrected chi connectivity index (χ0v) is 18.5. The van der Waals surface area contributed by atoms with Crippen LogP contribution in [-0.4, -0.2) is 22.5 Å². The van der Waals surface area contributed by atoms with Crippen molar-refractivity contribution >= 4 is 67.4 Å². The van der Waals surface area contributed by atoms with Gasteiger partial charge in [-0.25, -0.2) is 4.98 Å². The summed E-state index contributed by atoms with van der Waals surface area (Å²) < 4.78 is 6.53. The first-order valence-corrected chi connectivity index (χ1v) is 10.8. The van der Waals surface area contributed by atoms with Crippen molar-refractivity contribution in [1.82, 2.24) is 9.97 Å². The molecule has 0 spiro atoms. The van der Waals surface area contributed by atoms with E-state index in [2.05, 4.69) is 9.97 Å². The number of thiazole rings is 1. The Morgan fingerprint density at radius 1 is 1.03 bits per heavy atom. The number of benzene rings is 2. The summed E-state index contributed by atoms with van der Waals surface area (Å²) in [7, 11) is 0. The minimum Gasteiger partial charge on any atom is -0.482 e.